The first kappa shape index (κ1) is 16.1. The van der Waals surface area contributed by atoms with Gasteiger partial charge in [0.1, 0.15) is 0 Å². The maximum atomic E-state index is 5.90. The number of para-hydroxylation sites is 2. The molecule has 0 spiro atoms. The van der Waals surface area contributed by atoms with Crippen LogP contribution in [0.15, 0.2) is 48.5 Å². The van der Waals surface area contributed by atoms with Crippen molar-refractivity contribution in [1.82, 2.24) is 0 Å². The molecular weight excluding hydrogens is 326 g/mol. The van der Waals surface area contributed by atoms with E-state index in [9.17, 15) is 0 Å². The van der Waals surface area contributed by atoms with E-state index in [-0.39, 0.29) is 0 Å². The zero-order chi connectivity index (χ0) is 16.1. The van der Waals surface area contributed by atoms with E-state index in [1.165, 1.54) is 24.9 Å². The van der Waals surface area contributed by atoms with Crippen molar-refractivity contribution >= 4 is 46.0 Å². The minimum Gasteiger partial charge on any atom is -0.370 e. The van der Waals surface area contributed by atoms with Crippen LogP contribution in [0.2, 0.25) is 5.02 Å². The van der Waals surface area contributed by atoms with Crippen molar-refractivity contribution in [1.29, 1.82) is 0 Å². The van der Waals surface area contributed by atoms with E-state index >= 15 is 0 Å². The number of anilines is 3. The number of benzene rings is 2. The van der Waals surface area contributed by atoms with Gasteiger partial charge < -0.3 is 15.5 Å². The van der Waals surface area contributed by atoms with Crippen molar-refractivity contribution in [3.63, 3.8) is 0 Å². The fraction of sp³-hybridized carbons (Fsp3) is 0.278. The zero-order valence-electron chi connectivity index (χ0n) is 12.9. The second-order valence-corrected chi connectivity index (χ2v) is 6.50. The number of nitrogens with zero attached hydrogens (tertiary/aromatic N) is 1. The van der Waals surface area contributed by atoms with Crippen LogP contribution in [0.1, 0.15) is 19.3 Å². The van der Waals surface area contributed by atoms with Crippen LogP contribution in [0.5, 0.6) is 0 Å². The molecule has 1 aliphatic heterocycles. The number of nitrogens with one attached hydrogen (secondary N) is 2. The maximum absolute atomic E-state index is 5.90. The fourth-order valence-electron chi connectivity index (χ4n) is 2.81. The molecule has 1 aliphatic rings. The molecule has 2 aromatic rings. The van der Waals surface area contributed by atoms with Gasteiger partial charge in [-0.1, -0.05) is 23.7 Å². The molecule has 5 heteroatoms. The quantitative estimate of drug-likeness (QED) is 0.753. The van der Waals surface area contributed by atoms with Crippen LogP contribution in [0.25, 0.3) is 0 Å². The molecule has 3 nitrogen and oxygen atoms in total. The summed E-state index contributed by atoms with van der Waals surface area (Å²) >= 11 is 11.3. The van der Waals surface area contributed by atoms with Crippen molar-refractivity contribution < 1.29 is 0 Å². The molecule has 0 radical (unpaired) electrons. The maximum Gasteiger partial charge on any atom is 0.175 e. The van der Waals surface area contributed by atoms with E-state index in [0.29, 0.717) is 10.1 Å². The van der Waals surface area contributed by atoms with Gasteiger partial charge in [0, 0.05) is 23.8 Å². The molecule has 2 aromatic carbocycles. The number of halogens is 1. The second-order valence-electron chi connectivity index (χ2n) is 5.65. The van der Waals surface area contributed by atoms with Crippen LogP contribution in [-0.4, -0.2) is 18.2 Å². The van der Waals surface area contributed by atoms with Gasteiger partial charge in [0.05, 0.1) is 11.4 Å². The first-order valence-corrected chi connectivity index (χ1v) is 8.68. The summed E-state index contributed by atoms with van der Waals surface area (Å²) < 4.78 is 0. The molecular formula is C18H20ClN3S. The molecule has 0 atom stereocenters. The number of hydrogen-bond acceptors (Lipinski definition) is 2. The van der Waals surface area contributed by atoms with Gasteiger partial charge in [0.15, 0.2) is 5.11 Å². The lowest BCUT2D eigenvalue weighted by Crippen LogP contribution is -2.30. The highest BCUT2D eigenvalue weighted by molar-refractivity contribution is 7.80. The van der Waals surface area contributed by atoms with Crippen molar-refractivity contribution in [3.05, 3.63) is 53.6 Å². The first-order chi connectivity index (χ1) is 11.2. The summed E-state index contributed by atoms with van der Waals surface area (Å²) in [5.41, 5.74) is 3.18. The Morgan fingerprint density at radius 3 is 2.35 bits per heavy atom. The predicted molar refractivity (Wildman–Crippen MR) is 104 cm³/mol. The van der Waals surface area contributed by atoms with Gasteiger partial charge in [0.25, 0.3) is 0 Å². The third kappa shape index (κ3) is 4.36. The average molecular weight is 346 g/mol. The Bertz CT molecular complexity index is 666. The third-order valence-corrected chi connectivity index (χ3v) is 4.41. The lowest BCUT2D eigenvalue weighted by atomic mass is 10.1. The van der Waals surface area contributed by atoms with Crippen LogP contribution in [0.3, 0.4) is 0 Å². The minimum absolute atomic E-state index is 0.580. The van der Waals surface area contributed by atoms with Crippen molar-refractivity contribution in [2.45, 2.75) is 19.3 Å². The number of piperidine rings is 1. The van der Waals surface area contributed by atoms with E-state index in [1.54, 1.807) is 0 Å². The summed E-state index contributed by atoms with van der Waals surface area (Å²) in [4.78, 5) is 2.43. The minimum atomic E-state index is 0.580. The second kappa shape index (κ2) is 7.66. The van der Waals surface area contributed by atoms with E-state index in [0.717, 1.165) is 24.5 Å². The Labute approximate surface area is 147 Å². The Hall–Kier alpha value is -1.78. The lowest BCUT2D eigenvalue weighted by Gasteiger charge is -2.30. The Morgan fingerprint density at radius 1 is 0.913 bits per heavy atom. The number of thiocarbonyl (C=S) groups is 1. The van der Waals surface area contributed by atoms with Crippen molar-refractivity contribution in [2.75, 3.05) is 28.6 Å². The van der Waals surface area contributed by atoms with Crippen LogP contribution < -0.4 is 15.5 Å². The van der Waals surface area contributed by atoms with Crippen molar-refractivity contribution in [2.24, 2.45) is 0 Å². The summed E-state index contributed by atoms with van der Waals surface area (Å²) in [7, 11) is 0. The number of hydrogen-bond donors (Lipinski definition) is 2. The largest absolute Gasteiger partial charge is 0.370 e. The molecule has 1 saturated heterocycles. The SMILES string of the molecule is S=C(Nc1ccc(Cl)cc1)Nc1ccccc1N1CCCCC1. The molecule has 1 heterocycles. The summed E-state index contributed by atoms with van der Waals surface area (Å²) in [6, 6.07) is 15.8. The molecule has 0 unspecified atom stereocenters. The van der Waals surface area contributed by atoms with E-state index in [2.05, 4.69) is 33.7 Å². The highest BCUT2D eigenvalue weighted by atomic mass is 35.5. The van der Waals surface area contributed by atoms with Crippen LogP contribution >= 0.6 is 23.8 Å². The van der Waals surface area contributed by atoms with Gasteiger partial charge in [-0.3, -0.25) is 0 Å². The van der Waals surface area contributed by atoms with Crippen molar-refractivity contribution in [3.8, 4) is 0 Å². The predicted octanol–water partition coefficient (Wildman–Crippen LogP) is 5.14. The highest BCUT2D eigenvalue weighted by Gasteiger charge is 2.14. The van der Waals surface area contributed by atoms with E-state index in [4.69, 9.17) is 23.8 Å². The van der Waals surface area contributed by atoms with Gasteiger partial charge in [-0.25, -0.2) is 0 Å². The molecule has 3 rings (SSSR count). The van der Waals surface area contributed by atoms with Gasteiger partial charge in [-0.2, -0.15) is 0 Å². The fourth-order valence-corrected chi connectivity index (χ4v) is 3.16. The molecule has 0 saturated carbocycles. The van der Waals surface area contributed by atoms with Crippen LogP contribution in [-0.2, 0) is 0 Å². The third-order valence-electron chi connectivity index (χ3n) is 3.95. The normalized spacial score (nSPS) is 14.4. The van der Waals surface area contributed by atoms with Gasteiger partial charge in [0.2, 0.25) is 0 Å². The van der Waals surface area contributed by atoms with Crippen LogP contribution in [0, 0.1) is 0 Å². The molecule has 0 aliphatic carbocycles. The molecule has 2 N–H and O–H groups in total. The molecule has 1 fully saturated rings. The summed E-state index contributed by atoms with van der Waals surface area (Å²) in [6.45, 7) is 2.21. The van der Waals surface area contributed by atoms with Crippen LogP contribution in [0.4, 0.5) is 17.1 Å². The standard InChI is InChI=1S/C18H20ClN3S/c19-14-8-10-15(11-9-14)20-18(23)21-16-6-2-3-7-17(16)22-12-4-1-5-13-22/h2-3,6-11H,1,4-5,12-13H2,(H2,20,21,23). The Morgan fingerprint density at radius 2 is 1.61 bits per heavy atom. The van der Waals surface area contributed by atoms with Gasteiger partial charge in [-0.15, -0.1) is 0 Å². The van der Waals surface area contributed by atoms with E-state index in [1.807, 2.05) is 30.3 Å². The summed E-state index contributed by atoms with van der Waals surface area (Å²) in [6.07, 6.45) is 3.83. The van der Waals surface area contributed by atoms with Gasteiger partial charge in [-0.05, 0) is 67.9 Å². The first-order valence-electron chi connectivity index (χ1n) is 7.90. The zero-order valence-corrected chi connectivity index (χ0v) is 14.5. The van der Waals surface area contributed by atoms with Gasteiger partial charge >= 0.3 is 0 Å². The molecule has 23 heavy (non-hydrogen) atoms. The molecule has 0 bridgehead atoms. The molecule has 0 amide bonds. The average Bonchev–Trinajstić information content (AvgIpc) is 2.58. The Balaban J connectivity index is 1.69. The topological polar surface area (TPSA) is 27.3 Å². The molecule has 120 valence electrons. The number of rotatable bonds is 3. The smallest absolute Gasteiger partial charge is 0.175 e. The van der Waals surface area contributed by atoms with E-state index < -0.39 is 0 Å². The highest BCUT2D eigenvalue weighted by Crippen LogP contribution is 2.28. The molecule has 0 aromatic heterocycles. The monoisotopic (exact) mass is 345 g/mol. The summed E-state index contributed by atoms with van der Waals surface area (Å²) in [5.74, 6) is 0. The lowest BCUT2D eigenvalue weighted by molar-refractivity contribution is 0.578. The summed E-state index contributed by atoms with van der Waals surface area (Å²) in [5, 5.41) is 7.80. The Kier molecular flexibility index (Phi) is 5.36.